The van der Waals surface area contributed by atoms with Crippen LogP contribution >= 0.6 is 15.9 Å². The smallest absolute Gasteiger partial charge is 0.164 e. The Balaban J connectivity index is 0. The summed E-state index contributed by atoms with van der Waals surface area (Å²) in [7, 11) is 0. The Hall–Kier alpha value is 3.17. The predicted octanol–water partition coefficient (Wildman–Crippen LogP) is 0.186. The van der Waals surface area contributed by atoms with Crippen LogP contribution in [-0.4, -0.2) is 39.7 Å². The van der Waals surface area contributed by atoms with Crippen LogP contribution in [0.4, 0.5) is 4.39 Å². The Morgan fingerprint density at radius 1 is 1.23 bits per heavy atom. The summed E-state index contributed by atoms with van der Waals surface area (Å²) in [6, 6.07) is 0. The maximum Gasteiger partial charge on any atom is 0.164 e. The molecule has 5 atom stereocenters. The fraction of sp³-hybridized carbons (Fsp3) is 1.00. The maximum atomic E-state index is 12.8. The van der Waals surface area contributed by atoms with E-state index in [0.717, 1.165) is 0 Å². The van der Waals surface area contributed by atoms with Crippen LogP contribution < -0.4 is 0 Å². The summed E-state index contributed by atoms with van der Waals surface area (Å²) >= 11 is 2.89. The van der Waals surface area contributed by atoms with Crippen LogP contribution in [0.1, 0.15) is 6.92 Å². The minimum Gasteiger partial charge on any atom is -0.388 e. The van der Waals surface area contributed by atoms with Gasteiger partial charge in [0.1, 0.15) is 17.2 Å². The summed E-state index contributed by atoms with van der Waals surface area (Å²) < 4.78 is 17.7. The summed E-state index contributed by atoms with van der Waals surface area (Å²) in [5, 5.41) is 17.3. The summed E-state index contributed by atoms with van der Waals surface area (Å²) in [5.41, 5.74) is 0. The van der Waals surface area contributed by atoms with Crippen molar-refractivity contribution in [2.45, 2.75) is 36.4 Å². The zero-order valence-corrected chi connectivity index (χ0v) is 18.2. The Labute approximate surface area is 156 Å². The third kappa shape index (κ3) is 4.90. The van der Waals surface area contributed by atoms with Gasteiger partial charge >= 0.3 is 0 Å². The van der Waals surface area contributed by atoms with Crippen molar-refractivity contribution in [2.24, 2.45) is 0 Å². The minimum atomic E-state index is -1.57. The topological polar surface area (TPSA) is 49.7 Å². The van der Waals surface area contributed by atoms with Gasteiger partial charge in [-0.3, -0.25) is 0 Å². The van der Waals surface area contributed by atoms with E-state index in [4.69, 9.17) is 14.9 Å². The van der Waals surface area contributed by atoms with Crippen molar-refractivity contribution in [3.63, 3.8) is 0 Å². The summed E-state index contributed by atoms with van der Waals surface area (Å²) in [6.07, 6.45) is -4.61. The number of alkyl halides is 2. The summed E-state index contributed by atoms with van der Waals surface area (Å²) in [5.74, 6) is 0. The summed E-state index contributed by atoms with van der Waals surface area (Å²) in [6.45, 7) is 1.58. The minimum absolute atomic E-state index is 0. The quantitative estimate of drug-likeness (QED) is 0.359. The molecule has 13 heavy (non-hydrogen) atoms. The first-order chi connectivity index (χ1) is 5.04. The molecule has 1 saturated heterocycles. The third-order valence-electron chi connectivity index (χ3n) is 1.75. The van der Waals surface area contributed by atoms with Gasteiger partial charge in [-0.1, -0.05) is 15.9 Å². The van der Waals surface area contributed by atoms with Crippen molar-refractivity contribution in [3.8, 4) is 0 Å². The van der Waals surface area contributed by atoms with Crippen molar-refractivity contribution in [1.29, 1.82) is 0 Å². The molecule has 3 nitrogen and oxygen atoms in total. The normalized spacial score (nSPS) is 44.5. The molecule has 0 aromatic heterocycles. The third-order valence-corrected chi connectivity index (χ3v) is 2.47. The van der Waals surface area contributed by atoms with Crippen LogP contribution in [0.3, 0.4) is 0 Å². The first kappa shape index (κ1) is 18.5. The van der Waals surface area contributed by atoms with Crippen molar-refractivity contribution >= 4 is 15.9 Å². The van der Waals surface area contributed by atoms with Crippen LogP contribution in [0.2, 0.25) is 0 Å². The van der Waals surface area contributed by atoms with Gasteiger partial charge in [-0.2, -0.15) is 0 Å². The van der Waals surface area contributed by atoms with Crippen LogP contribution in [0, 0.1) is 88.1 Å². The SMILES string of the molecule is CC1OC(Br)C(F)C(O)C1O.[Ac].[Ac]. The van der Waals surface area contributed by atoms with Crippen LogP contribution in [0.25, 0.3) is 0 Å². The molecular weight excluding hydrogens is 673 g/mol. The van der Waals surface area contributed by atoms with Gasteiger partial charge in [-0.15, -0.1) is 0 Å². The molecule has 1 heterocycles. The van der Waals surface area contributed by atoms with E-state index in [2.05, 4.69) is 15.9 Å². The molecule has 2 N–H and O–H groups in total. The van der Waals surface area contributed by atoms with Crippen molar-refractivity contribution < 1.29 is 107 Å². The molecule has 0 aromatic rings. The number of hydrogen-bond donors (Lipinski definition) is 2. The standard InChI is InChI=1S/C6H10BrFO3.2Ac/c1-2-4(9)5(10)3(8)6(7)11-2;;/h2-6,9-10H,1H3;;. The molecule has 0 spiro atoms. The zero-order chi connectivity index (χ0) is 8.59. The van der Waals surface area contributed by atoms with Gasteiger partial charge < -0.3 is 14.9 Å². The first-order valence-electron chi connectivity index (χ1n) is 3.33. The molecule has 5 unspecified atom stereocenters. The Kier molecular flexibility index (Phi) is 11.8. The number of ether oxygens (including phenoxy) is 1. The molecule has 1 aliphatic rings. The van der Waals surface area contributed by atoms with Crippen molar-refractivity contribution in [1.82, 2.24) is 0 Å². The van der Waals surface area contributed by atoms with E-state index in [1.165, 1.54) is 0 Å². The van der Waals surface area contributed by atoms with Gasteiger partial charge in [0.15, 0.2) is 6.17 Å². The monoisotopic (exact) mass is 682 g/mol. The second kappa shape index (κ2) is 8.29. The largest absolute Gasteiger partial charge is 0.388 e. The van der Waals surface area contributed by atoms with Crippen molar-refractivity contribution in [3.05, 3.63) is 0 Å². The van der Waals surface area contributed by atoms with Gasteiger partial charge in [-0.05, 0) is 6.92 Å². The molecule has 1 aliphatic heterocycles. The predicted molar refractivity (Wildman–Crippen MR) is 40.2 cm³/mol. The van der Waals surface area contributed by atoms with Crippen LogP contribution in [0.5, 0.6) is 0 Å². The number of halogens is 2. The Morgan fingerprint density at radius 2 is 1.69 bits per heavy atom. The van der Waals surface area contributed by atoms with E-state index in [0.29, 0.717) is 0 Å². The number of hydrogen-bond acceptors (Lipinski definition) is 3. The molecule has 1 rings (SSSR count). The second-order valence-electron chi connectivity index (χ2n) is 2.62. The molecule has 0 amide bonds. The molecule has 0 aromatic carbocycles. The zero-order valence-electron chi connectivity index (χ0n) is 7.10. The van der Waals surface area contributed by atoms with Crippen LogP contribution in [-0.2, 0) is 4.74 Å². The van der Waals surface area contributed by atoms with E-state index in [1.54, 1.807) is 6.92 Å². The molecule has 0 saturated carbocycles. The average Bonchev–Trinajstić information content (AvgIpc) is 1.97. The van der Waals surface area contributed by atoms with E-state index in [9.17, 15) is 4.39 Å². The number of rotatable bonds is 0. The summed E-state index contributed by atoms with van der Waals surface area (Å²) in [4.78, 5) is 0. The fourth-order valence-electron chi connectivity index (χ4n) is 0.982. The van der Waals surface area contributed by atoms with Crippen LogP contribution in [0.15, 0.2) is 0 Å². The Bertz CT molecular complexity index is 140. The number of aliphatic hydroxyl groups excluding tert-OH is 2. The van der Waals surface area contributed by atoms with Gasteiger partial charge in [-0.25, -0.2) is 4.39 Å². The molecule has 7 heteroatoms. The van der Waals surface area contributed by atoms with Gasteiger partial charge in [0.05, 0.1) is 6.10 Å². The molecular formula is C6H10Ac2BrFO3. The molecule has 2 radical (unpaired) electrons. The fourth-order valence-corrected chi connectivity index (χ4v) is 1.63. The average molecular weight is 683 g/mol. The Morgan fingerprint density at radius 3 is 2.15 bits per heavy atom. The molecule has 0 aliphatic carbocycles. The second-order valence-corrected chi connectivity index (χ2v) is 3.52. The van der Waals surface area contributed by atoms with Crippen molar-refractivity contribution in [2.75, 3.05) is 0 Å². The van der Waals surface area contributed by atoms with Gasteiger partial charge in [0.2, 0.25) is 0 Å². The van der Waals surface area contributed by atoms with E-state index in [1.807, 2.05) is 0 Å². The molecule has 1 fully saturated rings. The van der Waals surface area contributed by atoms with Gasteiger partial charge in [0.25, 0.3) is 0 Å². The first-order valence-corrected chi connectivity index (χ1v) is 4.25. The molecule has 0 bridgehead atoms. The maximum absolute atomic E-state index is 12.8. The van der Waals surface area contributed by atoms with E-state index in [-0.39, 0.29) is 88.1 Å². The number of aliphatic hydroxyl groups is 2. The van der Waals surface area contributed by atoms with E-state index >= 15 is 0 Å². The molecule has 72 valence electrons. The van der Waals surface area contributed by atoms with Gasteiger partial charge in [0, 0.05) is 88.1 Å². The van der Waals surface area contributed by atoms with E-state index < -0.39 is 29.5 Å².